The van der Waals surface area contributed by atoms with Crippen molar-refractivity contribution < 1.29 is 27.2 Å². The lowest BCUT2D eigenvalue weighted by Crippen LogP contribution is -2.18. The van der Waals surface area contributed by atoms with Crippen LogP contribution in [-0.2, 0) is 17.4 Å². The Labute approximate surface area is 182 Å². The first-order valence-electron chi connectivity index (χ1n) is 9.75. The smallest absolute Gasteiger partial charge is 0.325 e. The zero-order valence-corrected chi connectivity index (χ0v) is 17.1. The van der Waals surface area contributed by atoms with Gasteiger partial charge in [0.2, 0.25) is 5.91 Å². The number of hydrogen-bond acceptors (Lipinski definition) is 2. The summed E-state index contributed by atoms with van der Waals surface area (Å²) in [5, 5.41) is 4.66. The molecule has 0 bridgehead atoms. The second-order valence-corrected chi connectivity index (χ2v) is 7.26. The fourth-order valence-corrected chi connectivity index (χ4v) is 3.11. The molecule has 0 unspecified atom stereocenters. The molecular weight excluding hydrogens is 424 g/mol. The zero-order valence-electron chi connectivity index (χ0n) is 17.1. The number of aryl methyl sites for hydroxylation is 2. The van der Waals surface area contributed by atoms with Crippen molar-refractivity contribution in [2.45, 2.75) is 25.9 Å². The van der Waals surface area contributed by atoms with Gasteiger partial charge in [0.15, 0.2) is 0 Å². The van der Waals surface area contributed by atoms with Crippen LogP contribution >= 0.6 is 0 Å². The van der Waals surface area contributed by atoms with E-state index in [1.165, 1.54) is 18.2 Å². The third-order valence-corrected chi connectivity index (χ3v) is 4.69. The van der Waals surface area contributed by atoms with E-state index in [4.69, 9.17) is 0 Å². The summed E-state index contributed by atoms with van der Waals surface area (Å²) in [5.41, 5.74) is 0.443. The number of amides is 2. The molecule has 3 rings (SSSR count). The van der Waals surface area contributed by atoms with Gasteiger partial charge in [-0.15, -0.1) is 0 Å². The number of nitrogens with one attached hydrogen (secondary N) is 2. The molecule has 0 aliphatic carbocycles. The van der Waals surface area contributed by atoms with Gasteiger partial charge in [-0.25, -0.2) is 4.39 Å². The monoisotopic (exact) mass is 444 g/mol. The van der Waals surface area contributed by atoms with E-state index in [0.717, 1.165) is 35.4 Å². The predicted octanol–water partition coefficient (Wildman–Crippen LogP) is 5.98. The number of carbonyl (C=O) groups excluding carboxylic acids is 2. The van der Waals surface area contributed by atoms with Gasteiger partial charge in [-0.05, 0) is 61.4 Å². The number of anilines is 2. The summed E-state index contributed by atoms with van der Waals surface area (Å²) in [7, 11) is 0. The Balaban J connectivity index is 1.72. The molecule has 166 valence electrons. The molecule has 0 saturated heterocycles. The van der Waals surface area contributed by atoms with E-state index >= 15 is 0 Å². The molecule has 0 radical (unpaired) electrons. The average Bonchev–Trinajstić information content (AvgIpc) is 2.73. The Morgan fingerprint density at radius 2 is 1.62 bits per heavy atom. The Kier molecular flexibility index (Phi) is 6.92. The highest BCUT2D eigenvalue weighted by Crippen LogP contribution is 2.36. The van der Waals surface area contributed by atoms with Crippen molar-refractivity contribution in [2.24, 2.45) is 0 Å². The first kappa shape index (κ1) is 23.0. The van der Waals surface area contributed by atoms with Crippen LogP contribution in [0.2, 0.25) is 0 Å². The topological polar surface area (TPSA) is 58.2 Å². The molecule has 0 aliphatic heterocycles. The van der Waals surface area contributed by atoms with Crippen LogP contribution in [-0.4, -0.2) is 11.8 Å². The molecule has 0 heterocycles. The van der Waals surface area contributed by atoms with Crippen molar-refractivity contribution >= 4 is 23.2 Å². The molecular formula is C24H20F4N2O2. The van der Waals surface area contributed by atoms with E-state index in [2.05, 4.69) is 10.6 Å². The van der Waals surface area contributed by atoms with Gasteiger partial charge < -0.3 is 10.6 Å². The van der Waals surface area contributed by atoms with Crippen LogP contribution in [0, 0.1) is 12.7 Å². The molecule has 2 N–H and O–H groups in total. The van der Waals surface area contributed by atoms with E-state index in [1.54, 1.807) is 0 Å². The summed E-state index contributed by atoms with van der Waals surface area (Å²) in [5.74, 6) is -1.78. The van der Waals surface area contributed by atoms with Gasteiger partial charge in [0.1, 0.15) is 5.82 Å². The minimum atomic E-state index is -4.75. The fraction of sp³-hybridized carbons (Fsp3) is 0.167. The summed E-state index contributed by atoms with van der Waals surface area (Å²) in [6, 6.07) is 15.2. The van der Waals surface area contributed by atoms with Gasteiger partial charge in [0.25, 0.3) is 5.91 Å². The van der Waals surface area contributed by atoms with E-state index in [1.807, 2.05) is 31.2 Å². The number of halogens is 4. The second-order valence-electron chi connectivity index (χ2n) is 7.26. The summed E-state index contributed by atoms with van der Waals surface area (Å²) in [6.45, 7) is 1.91. The number of carbonyl (C=O) groups is 2. The third-order valence-electron chi connectivity index (χ3n) is 4.69. The Morgan fingerprint density at radius 1 is 0.906 bits per heavy atom. The lowest BCUT2D eigenvalue weighted by atomic mass is 10.1. The van der Waals surface area contributed by atoms with Gasteiger partial charge in [-0.3, -0.25) is 9.59 Å². The standard InChI is InChI=1S/C24H20F4N2O2/c1-15-3-2-4-16(13-15)5-12-22(31)30-21-11-10-19(14-20(21)24(26,27)28)29-23(32)17-6-8-18(25)9-7-17/h2-4,6-11,13-14H,5,12H2,1H3,(H,29,32)(H,30,31). The summed E-state index contributed by atoms with van der Waals surface area (Å²) in [4.78, 5) is 24.5. The molecule has 8 heteroatoms. The SMILES string of the molecule is Cc1cccc(CCC(=O)Nc2ccc(NC(=O)c3ccc(F)cc3)cc2C(F)(F)F)c1. The Morgan fingerprint density at radius 3 is 2.28 bits per heavy atom. The predicted molar refractivity (Wildman–Crippen MR) is 114 cm³/mol. The van der Waals surface area contributed by atoms with Crippen molar-refractivity contribution in [3.05, 3.63) is 94.8 Å². The average molecular weight is 444 g/mol. The molecule has 0 spiro atoms. The van der Waals surface area contributed by atoms with Crippen molar-refractivity contribution in [3.8, 4) is 0 Å². The van der Waals surface area contributed by atoms with Crippen LogP contribution in [0.15, 0.2) is 66.7 Å². The normalized spacial score (nSPS) is 11.2. The summed E-state index contributed by atoms with van der Waals surface area (Å²) in [6.07, 6.45) is -4.35. The molecule has 4 nitrogen and oxygen atoms in total. The van der Waals surface area contributed by atoms with E-state index in [0.29, 0.717) is 6.42 Å². The Bertz CT molecular complexity index is 1130. The van der Waals surface area contributed by atoms with Gasteiger partial charge in [-0.1, -0.05) is 29.8 Å². The van der Waals surface area contributed by atoms with Crippen molar-refractivity contribution in [2.75, 3.05) is 10.6 Å². The largest absolute Gasteiger partial charge is 0.418 e. The molecule has 32 heavy (non-hydrogen) atoms. The van der Waals surface area contributed by atoms with Crippen molar-refractivity contribution in [1.82, 2.24) is 0 Å². The number of benzene rings is 3. The van der Waals surface area contributed by atoms with Gasteiger partial charge in [0, 0.05) is 17.7 Å². The highest BCUT2D eigenvalue weighted by Gasteiger charge is 2.34. The maximum Gasteiger partial charge on any atom is 0.418 e. The maximum absolute atomic E-state index is 13.6. The molecule has 3 aromatic carbocycles. The highest BCUT2D eigenvalue weighted by molar-refractivity contribution is 6.04. The Hall–Kier alpha value is -3.68. The summed E-state index contributed by atoms with van der Waals surface area (Å²) < 4.78 is 53.7. The minimum absolute atomic E-state index is 0.0177. The molecule has 2 amide bonds. The second kappa shape index (κ2) is 9.64. The van der Waals surface area contributed by atoms with Crippen LogP contribution in [0.5, 0.6) is 0 Å². The third kappa shape index (κ3) is 6.16. The molecule has 0 atom stereocenters. The van der Waals surface area contributed by atoms with Crippen LogP contribution < -0.4 is 10.6 Å². The molecule has 0 aliphatic rings. The minimum Gasteiger partial charge on any atom is -0.325 e. The van der Waals surface area contributed by atoms with Gasteiger partial charge in [0.05, 0.1) is 11.3 Å². The lowest BCUT2D eigenvalue weighted by molar-refractivity contribution is -0.136. The molecule has 0 fully saturated rings. The summed E-state index contributed by atoms with van der Waals surface area (Å²) >= 11 is 0. The lowest BCUT2D eigenvalue weighted by Gasteiger charge is -2.16. The van der Waals surface area contributed by atoms with Crippen molar-refractivity contribution in [3.63, 3.8) is 0 Å². The first-order valence-corrected chi connectivity index (χ1v) is 9.75. The van der Waals surface area contributed by atoms with Crippen LogP contribution in [0.3, 0.4) is 0 Å². The highest BCUT2D eigenvalue weighted by atomic mass is 19.4. The van der Waals surface area contributed by atoms with Gasteiger partial charge in [-0.2, -0.15) is 13.2 Å². The van der Waals surface area contributed by atoms with Gasteiger partial charge >= 0.3 is 6.18 Å². The number of hydrogen-bond donors (Lipinski definition) is 2. The van der Waals surface area contributed by atoms with Crippen molar-refractivity contribution in [1.29, 1.82) is 0 Å². The van der Waals surface area contributed by atoms with E-state index in [9.17, 15) is 27.2 Å². The maximum atomic E-state index is 13.6. The fourth-order valence-electron chi connectivity index (χ4n) is 3.11. The first-order chi connectivity index (χ1) is 15.1. The van der Waals surface area contributed by atoms with E-state index in [-0.39, 0.29) is 17.7 Å². The van der Waals surface area contributed by atoms with Crippen LogP contribution in [0.1, 0.15) is 33.5 Å². The molecule has 3 aromatic rings. The number of alkyl halides is 3. The number of rotatable bonds is 6. The zero-order chi connectivity index (χ0) is 23.3. The molecule has 0 aromatic heterocycles. The van der Waals surface area contributed by atoms with Crippen LogP contribution in [0.4, 0.5) is 28.9 Å². The van der Waals surface area contributed by atoms with E-state index < -0.39 is 35.1 Å². The quantitative estimate of drug-likeness (QED) is 0.460. The molecule has 0 saturated carbocycles. The van der Waals surface area contributed by atoms with Crippen LogP contribution in [0.25, 0.3) is 0 Å².